The molecule has 2 aromatic rings. The molecule has 1 fully saturated rings. The number of carbonyl (C=O) groups excluding carboxylic acids is 2. The van der Waals surface area contributed by atoms with Crippen LogP contribution in [-0.2, 0) is 17.8 Å². The number of aromatic nitrogens is 3. The van der Waals surface area contributed by atoms with Crippen LogP contribution in [0.3, 0.4) is 0 Å². The lowest BCUT2D eigenvalue weighted by Crippen LogP contribution is -2.38. The van der Waals surface area contributed by atoms with Crippen molar-refractivity contribution < 1.29 is 18.4 Å². The van der Waals surface area contributed by atoms with E-state index in [-0.39, 0.29) is 24.6 Å². The Morgan fingerprint density at radius 1 is 1.29 bits per heavy atom. The van der Waals surface area contributed by atoms with Gasteiger partial charge in [0.05, 0.1) is 25.3 Å². The molecule has 0 aliphatic carbocycles. The molecule has 1 aromatic carbocycles. The fourth-order valence-electron chi connectivity index (χ4n) is 3.42. The first-order valence-corrected chi connectivity index (χ1v) is 9.21. The Kier molecular flexibility index (Phi) is 6.01. The van der Waals surface area contributed by atoms with E-state index in [1.807, 2.05) is 30.3 Å². The van der Waals surface area contributed by atoms with Crippen LogP contribution in [0.25, 0.3) is 0 Å². The molecule has 3 rings (SSSR count). The van der Waals surface area contributed by atoms with Gasteiger partial charge >= 0.3 is 0 Å². The Labute approximate surface area is 161 Å². The van der Waals surface area contributed by atoms with E-state index in [2.05, 4.69) is 15.6 Å². The van der Waals surface area contributed by atoms with Gasteiger partial charge in [-0.05, 0) is 18.4 Å². The summed E-state index contributed by atoms with van der Waals surface area (Å²) >= 11 is 0. The fraction of sp³-hybridized carbons (Fsp3) is 0.474. The van der Waals surface area contributed by atoms with Crippen molar-refractivity contribution in [1.29, 1.82) is 0 Å². The minimum atomic E-state index is -2.93. The number of hydrogen-bond donors (Lipinski definition) is 1. The van der Waals surface area contributed by atoms with Crippen molar-refractivity contribution >= 4 is 11.8 Å². The second-order valence-corrected chi connectivity index (χ2v) is 6.98. The van der Waals surface area contributed by atoms with Gasteiger partial charge in [0, 0.05) is 19.9 Å². The normalized spacial score (nSPS) is 18.2. The highest BCUT2D eigenvalue weighted by atomic mass is 19.3. The second-order valence-electron chi connectivity index (χ2n) is 6.98. The molecule has 1 aliphatic heterocycles. The Balaban J connectivity index is 1.60. The maximum Gasteiger partial charge on any atom is 0.273 e. The van der Waals surface area contributed by atoms with Crippen molar-refractivity contribution in [3.63, 3.8) is 0 Å². The van der Waals surface area contributed by atoms with E-state index in [4.69, 9.17) is 0 Å². The Morgan fingerprint density at radius 2 is 2.04 bits per heavy atom. The van der Waals surface area contributed by atoms with Gasteiger partial charge < -0.3 is 10.2 Å². The average Bonchev–Trinajstić information content (AvgIpc) is 3.26. The summed E-state index contributed by atoms with van der Waals surface area (Å²) in [4.78, 5) is 25.4. The van der Waals surface area contributed by atoms with Crippen LogP contribution >= 0.6 is 0 Å². The van der Waals surface area contributed by atoms with Crippen LogP contribution in [-0.4, -0.2) is 57.3 Å². The molecule has 0 saturated carbocycles. The van der Waals surface area contributed by atoms with Gasteiger partial charge in [0.15, 0.2) is 5.69 Å². The smallest absolute Gasteiger partial charge is 0.273 e. The van der Waals surface area contributed by atoms with Crippen LogP contribution in [0.5, 0.6) is 0 Å². The summed E-state index contributed by atoms with van der Waals surface area (Å²) in [5, 5.41) is 9.97. The molecule has 1 aliphatic rings. The third kappa shape index (κ3) is 4.90. The van der Waals surface area contributed by atoms with E-state index >= 15 is 0 Å². The lowest BCUT2D eigenvalue weighted by atomic mass is 10.1. The summed E-state index contributed by atoms with van der Waals surface area (Å²) in [7, 11) is 1.47. The third-order valence-corrected chi connectivity index (χ3v) is 4.79. The van der Waals surface area contributed by atoms with E-state index in [1.165, 1.54) is 22.8 Å². The number of amides is 2. The minimum Gasteiger partial charge on any atom is -0.354 e. The predicted octanol–water partition coefficient (Wildman–Crippen LogP) is 1.90. The number of alkyl halides is 2. The monoisotopic (exact) mass is 391 g/mol. The van der Waals surface area contributed by atoms with Gasteiger partial charge in [-0.15, -0.1) is 5.10 Å². The molecule has 0 unspecified atom stereocenters. The SMILES string of the molecule is CNC(=O)c1cn(C[C@@H]2CC(F)(F)CN2C(=O)CCCc2ccccc2)nn1. The summed E-state index contributed by atoms with van der Waals surface area (Å²) < 4.78 is 29.3. The average molecular weight is 391 g/mol. The molecule has 28 heavy (non-hydrogen) atoms. The molecule has 150 valence electrons. The van der Waals surface area contributed by atoms with Crippen LogP contribution in [0.4, 0.5) is 8.78 Å². The fourth-order valence-corrected chi connectivity index (χ4v) is 3.42. The predicted molar refractivity (Wildman–Crippen MR) is 97.9 cm³/mol. The van der Waals surface area contributed by atoms with Crippen molar-refractivity contribution in [1.82, 2.24) is 25.2 Å². The summed E-state index contributed by atoms with van der Waals surface area (Å²) in [5.74, 6) is -3.62. The van der Waals surface area contributed by atoms with Gasteiger partial charge in [-0.1, -0.05) is 35.5 Å². The Bertz CT molecular complexity index is 825. The zero-order valence-corrected chi connectivity index (χ0v) is 15.6. The Morgan fingerprint density at radius 3 is 2.75 bits per heavy atom. The quantitative estimate of drug-likeness (QED) is 0.782. The first kappa shape index (κ1) is 19.9. The van der Waals surface area contributed by atoms with Crippen molar-refractivity contribution in [3.8, 4) is 0 Å². The number of halogens is 2. The van der Waals surface area contributed by atoms with Gasteiger partial charge in [-0.3, -0.25) is 9.59 Å². The number of aryl methyl sites for hydroxylation is 1. The van der Waals surface area contributed by atoms with Crippen LogP contribution in [0.15, 0.2) is 36.5 Å². The van der Waals surface area contributed by atoms with Gasteiger partial charge in [0.1, 0.15) is 0 Å². The summed E-state index contributed by atoms with van der Waals surface area (Å²) in [5.41, 5.74) is 1.22. The highest BCUT2D eigenvalue weighted by Crippen LogP contribution is 2.33. The van der Waals surface area contributed by atoms with Gasteiger partial charge in [0.25, 0.3) is 11.8 Å². The first-order chi connectivity index (χ1) is 13.4. The summed E-state index contributed by atoms with van der Waals surface area (Å²) in [6, 6.07) is 9.06. The van der Waals surface area contributed by atoms with Crippen molar-refractivity contribution in [2.24, 2.45) is 0 Å². The van der Waals surface area contributed by atoms with Crippen LogP contribution in [0.2, 0.25) is 0 Å². The molecule has 0 spiro atoms. The lowest BCUT2D eigenvalue weighted by molar-refractivity contribution is -0.133. The number of nitrogens with one attached hydrogen (secondary N) is 1. The van der Waals surface area contributed by atoms with E-state index in [0.29, 0.717) is 6.42 Å². The molecule has 1 saturated heterocycles. The molecule has 0 bridgehead atoms. The van der Waals surface area contributed by atoms with E-state index in [0.717, 1.165) is 12.0 Å². The zero-order chi connectivity index (χ0) is 20.1. The molecule has 1 atom stereocenters. The number of benzene rings is 1. The summed E-state index contributed by atoms with van der Waals surface area (Å²) in [6.07, 6.45) is 2.50. The zero-order valence-electron chi connectivity index (χ0n) is 15.6. The van der Waals surface area contributed by atoms with Gasteiger partial charge in [-0.25, -0.2) is 13.5 Å². The lowest BCUT2D eigenvalue weighted by Gasteiger charge is -2.23. The number of carbonyl (C=O) groups is 2. The van der Waals surface area contributed by atoms with E-state index in [1.54, 1.807) is 0 Å². The van der Waals surface area contributed by atoms with Crippen LogP contribution in [0.1, 0.15) is 35.3 Å². The Hall–Kier alpha value is -2.84. The first-order valence-electron chi connectivity index (χ1n) is 9.21. The number of hydrogen-bond acceptors (Lipinski definition) is 4. The number of rotatable bonds is 7. The largest absolute Gasteiger partial charge is 0.354 e. The second kappa shape index (κ2) is 8.45. The molecular weight excluding hydrogens is 368 g/mol. The topological polar surface area (TPSA) is 80.1 Å². The van der Waals surface area contributed by atoms with E-state index in [9.17, 15) is 18.4 Å². The molecule has 9 heteroatoms. The van der Waals surface area contributed by atoms with Crippen molar-refractivity contribution in [2.45, 2.75) is 44.2 Å². The molecule has 1 aromatic heterocycles. The highest BCUT2D eigenvalue weighted by Gasteiger charge is 2.46. The molecule has 0 radical (unpaired) electrons. The third-order valence-electron chi connectivity index (χ3n) is 4.79. The summed E-state index contributed by atoms with van der Waals surface area (Å²) in [6.45, 7) is -0.511. The standard InChI is InChI=1S/C19H23F2N5O2/c1-22-18(28)16-12-25(24-23-16)11-15-10-19(20,21)13-26(15)17(27)9-5-8-14-6-3-2-4-7-14/h2-4,6-7,12,15H,5,8-11,13H2,1H3,(H,22,28)/t15-/m0/s1. The van der Waals surface area contributed by atoms with Gasteiger partial charge in [-0.2, -0.15) is 0 Å². The maximum atomic E-state index is 14.0. The molecule has 2 heterocycles. The number of likely N-dealkylation sites (tertiary alicyclic amines) is 1. The van der Waals surface area contributed by atoms with E-state index < -0.39 is 30.8 Å². The highest BCUT2D eigenvalue weighted by molar-refractivity contribution is 5.91. The van der Waals surface area contributed by atoms with Crippen molar-refractivity contribution in [2.75, 3.05) is 13.6 Å². The maximum absolute atomic E-state index is 14.0. The molecule has 1 N–H and O–H groups in total. The molecule has 2 amide bonds. The van der Waals surface area contributed by atoms with Crippen LogP contribution in [0, 0.1) is 0 Å². The molecular formula is C19H23F2N5O2. The van der Waals surface area contributed by atoms with Gasteiger partial charge in [0.2, 0.25) is 5.91 Å². The minimum absolute atomic E-state index is 0.0734. The number of nitrogens with zero attached hydrogens (tertiary/aromatic N) is 4. The molecule has 7 nitrogen and oxygen atoms in total. The van der Waals surface area contributed by atoms with Crippen LogP contribution < -0.4 is 5.32 Å². The van der Waals surface area contributed by atoms with Crippen molar-refractivity contribution in [3.05, 3.63) is 47.8 Å².